The first kappa shape index (κ1) is 18.3. The van der Waals surface area contributed by atoms with Crippen LogP contribution in [0.15, 0.2) is 23.2 Å². The van der Waals surface area contributed by atoms with E-state index in [4.69, 9.17) is 0 Å². The van der Waals surface area contributed by atoms with E-state index in [1.807, 2.05) is 27.1 Å². The number of benzene rings is 1. The van der Waals surface area contributed by atoms with Crippen LogP contribution in [0.1, 0.15) is 32.8 Å². The van der Waals surface area contributed by atoms with E-state index < -0.39 is 0 Å². The predicted octanol–water partition coefficient (Wildman–Crippen LogP) is 2.99. The molecule has 1 rings (SSSR count). The van der Waals surface area contributed by atoms with Gasteiger partial charge in [0.15, 0.2) is 5.96 Å². The molecule has 1 aromatic rings. The lowest BCUT2D eigenvalue weighted by Crippen LogP contribution is -2.38. The van der Waals surface area contributed by atoms with Gasteiger partial charge in [-0.15, -0.1) is 0 Å². The second-order valence-corrected chi connectivity index (χ2v) is 5.98. The van der Waals surface area contributed by atoms with Crippen LogP contribution in [-0.2, 0) is 6.54 Å². The lowest BCUT2D eigenvalue weighted by atomic mass is 10.1. The number of nitrogens with zero attached hydrogens (tertiary/aromatic N) is 2. The summed E-state index contributed by atoms with van der Waals surface area (Å²) in [7, 11) is 3.66. The summed E-state index contributed by atoms with van der Waals surface area (Å²) in [6.07, 6.45) is 1.09. The number of aliphatic imine (C=N–C) groups is 1. The van der Waals surface area contributed by atoms with Gasteiger partial charge in [0.1, 0.15) is 5.82 Å². The van der Waals surface area contributed by atoms with Gasteiger partial charge in [0.05, 0.1) is 12.2 Å². The normalized spacial score (nSPS) is 11.7. The number of guanidine groups is 1. The average molecular weight is 308 g/mol. The van der Waals surface area contributed by atoms with Crippen LogP contribution in [0.4, 0.5) is 10.1 Å². The largest absolute Gasteiger partial charge is 0.375 e. The Morgan fingerprint density at radius 3 is 2.55 bits per heavy atom. The predicted molar refractivity (Wildman–Crippen MR) is 93.0 cm³/mol. The molecule has 0 aromatic heterocycles. The molecule has 22 heavy (non-hydrogen) atoms. The van der Waals surface area contributed by atoms with Crippen molar-refractivity contribution >= 4 is 11.6 Å². The zero-order chi connectivity index (χ0) is 16.5. The van der Waals surface area contributed by atoms with Crippen molar-refractivity contribution in [1.82, 2.24) is 10.6 Å². The molecular formula is C17H29FN4. The highest BCUT2D eigenvalue weighted by Crippen LogP contribution is 2.18. The van der Waals surface area contributed by atoms with Crippen LogP contribution >= 0.6 is 0 Å². The third-order valence-corrected chi connectivity index (χ3v) is 3.27. The Kier molecular flexibility index (Phi) is 7.71. The van der Waals surface area contributed by atoms with Crippen molar-refractivity contribution in [3.05, 3.63) is 29.6 Å². The highest BCUT2D eigenvalue weighted by molar-refractivity contribution is 5.79. The van der Waals surface area contributed by atoms with E-state index >= 15 is 0 Å². The summed E-state index contributed by atoms with van der Waals surface area (Å²) in [5.41, 5.74) is 1.46. The van der Waals surface area contributed by atoms with E-state index in [9.17, 15) is 4.39 Å². The SMILES string of the molecule is CCNC(=NCc1ccc(N(C)C)c(F)c1)NCCC(C)C. The van der Waals surface area contributed by atoms with Crippen LogP contribution in [0.3, 0.4) is 0 Å². The van der Waals surface area contributed by atoms with Crippen molar-refractivity contribution in [3.63, 3.8) is 0 Å². The molecule has 1 aromatic carbocycles. The lowest BCUT2D eigenvalue weighted by molar-refractivity contribution is 0.573. The molecule has 0 bridgehead atoms. The van der Waals surface area contributed by atoms with Crippen LogP contribution in [-0.4, -0.2) is 33.1 Å². The van der Waals surface area contributed by atoms with Gasteiger partial charge >= 0.3 is 0 Å². The van der Waals surface area contributed by atoms with Gasteiger partial charge in [-0.1, -0.05) is 19.9 Å². The van der Waals surface area contributed by atoms with E-state index in [2.05, 4.69) is 29.5 Å². The molecule has 0 fully saturated rings. The van der Waals surface area contributed by atoms with E-state index in [-0.39, 0.29) is 5.82 Å². The van der Waals surface area contributed by atoms with E-state index in [0.717, 1.165) is 31.0 Å². The van der Waals surface area contributed by atoms with Crippen molar-refractivity contribution < 1.29 is 4.39 Å². The summed E-state index contributed by atoms with van der Waals surface area (Å²) in [5, 5.41) is 6.51. The smallest absolute Gasteiger partial charge is 0.191 e. The van der Waals surface area contributed by atoms with Gasteiger partial charge in [-0.2, -0.15) is 0 Å². The van der Waals surface area contributed by atoms with Gasteiger partial charge in [-0.3, -0.25) is 0 Å². The Bertz CT molecular complexity index is 484. The minimum atomic E-state index is -0.213. The molecule has 0 atom stereocenters. The topological polar surface area (TPSA) is 39.7 Å². The van der Waals surface area contributed by atoms with Gasteiger partial charge in [0.25, 0.3) is 0 Å². The fraction of sp³-hybridized carbons (Fsp3) is 0.588. The molecule has 0 spiro atoms. The fourth-order valence-electron chi connectivity index (χ4n) is 2.00. The number of anilines is 1. The molecule has 0 radical (unpaired) electrons. The van der Waals surface area contributed by atoms with Crippen LogP contribution in [0.5, 0.6) is 0 Å². The monoisotopic (exact) mass is 308 g/mol. The fourth-order valence-corrected chi connectivity index (χ4v) is 2.00. The third-order valence-electron chi connectivity index (χ3n) is 3.27. The molecule has 0 aliphatic rings. The number of rotatable bonds is 7. The van der Waals surface area contributed by atoms with Crippen molar-refractivity contribution in [3.8, 4) is 0 Å². The maximum atomic E-state index is 13.9. The molecule has 0 heterocycles. The highest BCUT2D eigenvalue weighted by Gasteiger charge is 2.05. The maximum Gasteiger partial charge on any atom is 0.191 e. The molecule has 0 saturated carbocycles. The summed E-state index contributed by atoms with van der Waals surface area (Å²) >= 11 is 0. The molecule has 2 N–H and O–H groups in total. The molecule has 0 amide bonds. The van der Waals surface area contributed by atoms with Crippen LogP contribution in [0.25, 0.3) is 0 Å². The molecule has 4 nitrogen and oxygen atoms in total. The van der Waals surface area contributed by atoms with Gasteiger partial charge in [0.2, 0.25) is 0 Å². The van der Waals surface area contributed by atoms with Crippen LogP contribution < -0.4 is 15.5 Å². The van der Waals surface area contributed by atoms with E-state index in [0.29, 0.717) is 18.2 Å². The van der Waals surface area contributed by atoms with E-state index in [1.165, 1.54) is 0 Å². The molecular weight excluding hydrogens is 279 g/mol. The molecule has 5 heteroatoms. The quantitative estimate of drug-likeness (QED) is 0.601. The number of hydrogen-bond acceptors (Lipinski definition) is 2. The van der Waals surface area contributed by atoms with Gasteiger partial charge < -0.3 is 15.5 Å². The number of nitrogens with one attached hydrogen (secondary N) is 2. The molecule has 124 valence electrons. The summed E-state index contributed by atoms with van der Waals surface area (Å²) < 4.78 is 13.9. The standard InChI is InChI=1S/C17H29FN4/c1-6-19-17(20-10-9-13(2)3)21-12-14-7-8-16(22(4)5)15(18)11-14/h7-8,11,13H,6,9-10,12H2,1-5H3,(H2,19,20,21). The summed E-state index contributed by atoms with van der Waals surface area (Å²) in [5.74, 6) is 1.22. The third kappa shape index (κ3) is 6.33. The van der Waals surface area contributed by atoms with Crippen molar-refractivity contribution in [2.24, 2.45) is 10.9 Å². The van der Waals surface area contributed by atoms with E-state index in [1.54, 1.807) is 17.0 Å². The first-order valence-electron chi connectivity index (χ1n) is 7.92. The van der Waals surface area contributed by atoms with Gasteiger partial charge in [-0.05, 0) is 37.0 Å². The first-order valence-corrected chi connectivity index (χ1v) is 7.92. The Labute approximate surface area is 133 Å². The second-order valence-electron chi connectivity index (χ2n) is 5.98. The highest BCUT2D eigenvalue weighted by atomic mass is 19.1. The maximum absolute atomic E-state index is 13.9. The second kappa shape index (κ2) is 9.28. The van der Waals surface area contributed by atoms with Gasteiger partial charge in [0, 0.05) is 27.2 Å². The van der Waals surface area contributed by atoms with Crippen molar-refractivity contribution in [2.45, 2.75) is 33.7 Å². The minimum absolute atomic E-state index is 0.213. The Morgan fingerprint density at radius 2 is 2.00 bits per heavy atom. The summed E-state index contributed by atoms with van der Waals surface area (Å²) in [4.78, 5) is 6.27. The van der Waals surface area contributed by atoms with Crippen LogP contribution in [0, 0.1) is 11.7 Å². The molecule has 0 unspecified atom stereocenters. The molecule has 0 aliphatic carbocycles. The summed E-state index contributed by atoms with van der Waals surface area (Å²) in [6, 6.07) is 5.26. The Morgan fingerprint density at radius 1 is 1.27 bits per heavy atom. The average Bonchev–Trinajstić information content (AvgIpc) is 2.44. The molecule has 0 aliphatic heterocycles. The number of hydrogen-bond donors (Lipinski definition) is 2. The Balaban J connectivity index is 2.67. The minimum Gasteiger partial charge on any atom is -0.375 e. The summed E-state index contributed by atoms with van der Waals surface area (Å²) in [6.45, 7) is 8.58. The number of halogens is 1. The lowest BCUT2D eigenvalue weighted by Gasteiger charge is -2.14. The van der Waals surface area contributed by atoms with Crippen LogP contribution in [0.2, 0.25) is 0 Å². The van der Waals surface area contributed by atoms with Gasteiger partial charge in [-0.25, -0.2) is 9.38 Å². The Hall–Kier alpha value is -1.78. The zero-order valence-electron chi connectivity index (χ0n) is 14.4. The zero-order valence-corrected chi connectivity index (χ0v) is 14.4. The molecule has 0 saturated heterocycles. The first-order chi connectivity index (χ1) is 10.4. The van der Waals surface area contributed by atoms with Crippen molar-refractivity contribution in [2.75, 3.05) is 32.1 Å². The van der Waals surface area contributed by atoms with Crippen molar-refractivity contribution in [1.29, 1.82) is 0 Å².